The number of Topliss-reactive ketones (excluding diaryl/α,β-unsaturated/α-hetero) is 1. The van der Waals surface area contributed by atoms with E-state index in [9.17, 15) is 4.79 Å². The molecule has 0 aliphatic heterocycles. The number of carbonyl (C=O) groups is 1. The summed E-state index contributed by atoms with van der Waals surface area (Å²) < 4.78 is 0. The van der Waals surface area contributed by atoms with Crippen LogP contribution in [0.2, 0.25) is 0 Å². The Hall–Kier alpha value is 0.470. The smallest absolute Gasteiger partial charge is 0.150 e. The monoisotopic (exact) mass is 328 g/mol. The zero-order valence-corrected chi connectivity index (χ0v) is 13.5. The predicted octanol–water partition coefficient (Wildman–Crippen LogP) is 4.75. The van der Waals surface area contributed by atoms with Crippen molar-refractivity contribution in [1.82, 2.24) is 0 Å². The maximum Gasteiger partial charge on any atom is 0.150 e. The van der Waals surface area contributed by atoms with Gasteiger partial charge >= 0.3 is 0 Å². The van der Waals surface area contributed by atoms with Gasteiger partial charge in [0.05, 0.1) is 10.7 Å². The molecule has 0 bridgehead atoms. The van der Waals surface area contributed by atoms with Crippen molar-refractivity contribution in [3.8, 4) is 0 Å². The molecular weight excluding hydrogens is 311 g/mol. The fraction of sp³-hybridized carbons (Fsp3) is 0.750. The van der Waals surface area contributed by atoms with Crippen LogP contribution in [-0.2, 0) is 4.79 Å². The van der Waals surface area contributed by atoms with E-state index in [1.54, 1.807) is 6.08 Å². The van der Waals surface area contributed by atoms with Crippen LogP contribution in [0.25, 0.3) is 0 Å². The van der Waals surface area contributed by atoms with Gasteiger partial charge in [-0.05, 0) is 5.41 Å². The zero-order chi connectivity index (χ0) is 13.1. The highest BCUT2D eigenvalue weighted by molar-refractivity contribution is 9.09. The fourth-order valence-corrected chi connectivity index (χ4v) is 2.07. The molecule has 0 rings (SSSR count). The van der Waals surface area contributed by atoms with E-state index in [0.717, 1.165) is 0 Å². The van der Waals surface area contributed by atoms with Gasteiger partial charge in [0.15, 0.2) is 5.78 Å². The van der Waals surface area contributed by atoms with Gasteiger partial charge in [0.1, 0.15) is 0 Å². The molecule has 0 aromatic carbocycles. The van der Waals surface area contributed by atoms with Crippen LogP contribution >= 0.6 is 39.1 Å². The summed E-state index contributed by atoms with van der Waals surface area (Å²) in [5, 5.41) is 0.594. The molecule has 16 heavy (non-hydrogen) atoms. The Morgan fingerprint density at radius 2 is 1.75 bits per heavy atom. The van der Waals surface area contributed by atoms with E-state index in [4.69, 9.17) is 23.2 Å². The van der Waals surface area contributed by atoms with Gasteiger partial charge in [-0.25, -0.2) is 0 Å². The van der Waals surface area contributed by atoms with Crippen molar-refractivity contribution in [1.29, 1.82) is 0 Å². The van der Waals surface area contributed by atoms with Crippen LogP contribution in [0.1, 0.15) is 34.6 Å². The van der Waals surface area contributed by atoms with E-state index in [-0.39, 0.29) is 11.2 Å². The van der Waals surface area contributed by atoms with Crippen LogP contribution in [0.3, 0.4) is 0 Å². The number of hydrogen-bond donors (Lipinski definition) is 0. The number of hydrogen-bond acceptors (Lipinski definition) is 1. The molecule has 0 aliphatic carbocycles. The minimum Gasteiger partial charge on any atom is -0.298 e. The Balaban J connectivity index is 4.95. The number of rotatable bonds is 4. The molecule has 0 aromatic rings. The molecule has 0 fully saturated rings. The molecule has 0 radical (unpaired) electrons. The minimum absolute atomic E-state index is 0.0714. The fourth-order valence-electron chi connectivity index (χ4n) is 0.913. The summed E-state index contributed by atoms with van der Waals surface area (Å²) in [4.78, 5) is 11.7. The molecule has 0 heterocycles. The SMILES string of the molecule is CC(C)(C)C(Cl)=CC(Cl)C(C)(C)C(=O)CBr. The van der Waals surface area contributed by atoms with Gasteiger partial charge in [-0.3, -0.25) is 4.79 Å². The lowest BCUT2D eigenvalue weighted by Gasteiger charge is -2.27. The number of allylic oxidation sites excluding steroid dienone is 2. The molecule has 0 aliphatic rings. The average molecular weight is 330 g/mol. The van der Waals surface area contributed by atoms with Gasteiger partial charge in [-0.2, -0.15) is 0 Å². The summed E-state index contributed by atoms with van der Waals surface area (Å²) in [6, 6.07) is 0. The Bertz CT molecular complexity index is 290. The lowest BCUT2D eigenvalue weighted by Crippen LogP contribution is -2.34. The second-order valence-corrected chi connectivity index (χ2v) is 6.88. The standard InChI is InChI=1S/C12H19BrCl2O/c1-11(2,3)8(14)6-9(15)12(4,5)10(16)7-13/h6,9H,7H2,1-5H3. The predicted molar refractivity (Wildman–Crippen MR) is 75.6 cm³/mol. The van der Waals surface area contributed by atoms with Crippen LogP contribution in [0.5, 0.6) is 0 Å². The van der Waals surface area contributed by atoms with Gasteiger partial charge in [-0.15, -0.1) is 11.6 Å². The highest BCUT2D eigenvalue weighted by atomic mass is 79.9. The van der Waals surface area contributed by atoms with Crippen molar-refractivity contribution in [2.45, 2.75) is 40.0 Å². The normalized spacial score (nSPS) is 16.1. The summed E-state index contributed by atoms with van der Waals surface area (Å²) in [7, 11) is 0. The first-order valence-electron chi connectivity index (χ1n) is 5.14. The van der Waals surface area contributed by atoms with Crippen LogP contribution in [0, 0.1) is 10.8 Å². The van der Waals surface area contributed by atoms with Crippen molar-refractivity contribution >= 4 is 44.9 Å². The lowest BCUT2D eigenvalue weighted by atomic mass is 9.83. The second-order valence-electron chi connectivity index (χ2n) is 5.44. The molecule has 0 aromatic heterocycles. The largest absolute Gasteiger partial charge is 0.298 e. The third kappa shape index (κ3) is 4.38. The quantitative estimate of drug-likeness (QED) is 0.680. The zero-order valence-electron chi connectivity index (χ0n) is 10.4. The van der Waals surface area contributed by atoms with Crippen molar-refractivity contribution < 1.29 is 4.79 Å². The van der Waals surface area contributed by atoms with E-state index < -0.39 is 10.8 Å². The van der Waals surface area contributed by atoms with Crippen molar-refractivity contribution in [2.24, 2.45) is 10.8 Å². The van der Waals surface area contributed by atoms with Crippen LogP contribution in [0.15, 0.2) is 11.1 Å². The molecule has 0 saturated heterocycles. The van der Waals surface area contributed by atoms with E-state index in [0.29, 0.717) is 10.4 Å². The number of halogens is 3. The summed E-state index contributed by atoms with van der Waals surface area (Å²) in [6.07, 6.45) is 1.77. The van der Waals surface area contributed by atoms with Crippen LogP contribution in [0.4, 0.5) is 0 Å². The minimum atomic E-state index is -0.615. The Morgan fingerprint density at radius 3 is 2.06 bits per heavy atom. The number of alkyl halides is 2. The van der Waals surface area contributed by atoms with Crippen molar-refractivity contribution in [3.05, 3.63) is 11.1 Å². The molecule has 0 saturated carbocycles. The molecule has 1 nitrogen and oxygen atoms in total. The van der Waals surface area contributed by atoms with Gasteiger partial charge in [0.25, 0.3) is 0 Å². The first-order chi connectivity index (χ1) is 7.03. The van der Waals surface area contributed by atoms with E-state index >= 15 is 0 Å². The summed E-state index contributed by atoms with van der Waals surface area (Å²) in [5.41, 5.74) is -0.751. The first-order valence-corrected chi connectivity index (χ1v) is 7.08. The molecule has 1 unspecified atom stereocenters. The maximum atomic E-state index is 11.7. The molecular formula is C12H19BrCl2O. The summed E-state index contributed by atoms with van der Waals surface area (Å²) in [6.45, 7) is 9.69. The van der Waals surface area contributed by atoms with E-state index in [2.05, 4.69) is 15.9 Å². The highest BCUT2D eigenvalue weighted by Crippen LogP contribution is 2.34. The lowest BCUT2D eigenvalue weighted by molar-refractivity contribution is -0.123. The average Bonchev–Trinajstić information content (AvgIpc) is 2.14. The Kier molecular flexibility index (Phi) is 6.05. The highest BCUT2D eigenvalue weighted by Gasteiger charge is 2.34. The van der Waals surface area contributed by atoms with Crippen molar-refractivity contribution in [2.75, 3.05) is 5.33 Å². The third-order valence-corrected chi connectivity index (χ3v) is 4.41. The van der Waals surface area contributed by atoms with Crippen molar-refractivity contribution in [3.63, 3.8) is 0 Å². The van der Waals surface area contributed by atoms with Gasteiger partial charge in [0.2, 0.25) is 0 Å². The molecule has 94 valence electrons. The molecule has 0 N–H and O–H groups in total. The maximum absolute atomic E-state index is 11.7. The van der Waals surface area contributed by atoms with E-state index in [1.165, 1.54) is 0 Å². The summed E-state index contributed by atoms with van der Waals surface area (Å²) >= 11 is 15.6. The second kappa shape index (κ2) is 5.88. The molecule has 4 heteroatoms. The Morgan fingerprint density at radius 1 is 1.31 bits per heavy atom. The molecule has 0 spiro atoms. The van der Waals surface area contributed by atoms with Gasteiger partial charge < -0.3 is 0 Å². The van der Waals surface area contributed by atoms with E-state index in [1.807, 2.05) is 34.6 Å². The first kappa shape index (κ1) is 16.5. The topological polar surface area (TPSA) is 17.1 Å². The van der Waals surface area contributed by atoms with Gasteiger partial charge in [0, 0.05) is 10.4 Å². The van der Waals surface area contributed by atoms with Gasteiger partial charge in [-0.1, -0.05) is 68.2 Å². The number of ketones is 1. The third-order valence-electron chi connectivity index (χ3n) is 2.54. The molecule has 0 amide bonds. The summed E-state index contributed by atoms with van der Waals surface area (Å²) in [5.74, 6) is 0.0714. The van der Waals surface area contributed by atoms with Crippen LogP contribution < -0.4 is 0 Å². The molecule has 1 atom stereocenters. The Labute approximate surface area is 117 Å². The number of carbonyl (C=O) groups excluding carboxylic acids is 1. The van der Waals surface area contributed by atoms with Crippen LogP contribution in [-0.4, -0.2) is 16.5 Å².